The highest BCUT2D eigenvalue weighted by atomic mass is 16.1. The molecule has 0 aliphatic heterocycles. The lowest BCUT2D eigenvalue weighted by molar-refractivity contribution is -0.115. The number of carbonyl (C=O) groups excluding carboxylic acids is 1. The van der Waals surface area contributed by atoms with Crippen molar-refractivity contribution in [2.75, 3.05) is 17.2 Å². The second-order valence-corrected chi connectivity index (χ2v) is 6.74. The highest BCUT2D eigenvalue weighted by molar-refractivity contribution is 5.91. The Bertz CT molecular complexity index is 719. The van der Waals surface area contributed by atoms with Crippen molar-refractivity contribution in [1.29, 1.82) is 5.26 Å². The molecule has 0 radical (unpaired) electrons. The predicted molar refractivity (Wildman–Crippen MR) is 98.0 cm³/mol. The van der Waals surface area contributed by atoms with Gasteiger partial charge in [-0.2, -0.15) is 5.26 Å². The van der Waals surface area contributed by atoms with E-state index in [0.717, 1.165) is 11.4 Å². The Morgan fingerprint density at radius 2 is 1.58 bits per heavy atom. The van der Waals surface area contributed by atoms with Crippen molar-refractivity contribution in [3.63, 3.8) is 0 Å². The first-order valence-corrected chi connectivity index (χ1v) is 8.03. The molecule has 0 spiro atoms. The molecule has 4 heteroatoms. The molecule has 0 atom stereocenters. The minimum atomic E-state index is -0.0281. The van der Waals surface area contributed by atoms with Crippen LogP contribution in [0, 0.1) is 11.3 Å². The minimum absolute atomic E-state index is 0.0281. The lowest BCUT2D eigenvalue weighted by Crippen LogP contribution is -2.16. The fraction of sp³-hybridized carbons (Fsp3) is 0.300. The normalized spacial score (nSPS) is 10.8. The summed E-state index contributed by atoms with van der Waals surface area (Å²) in [7, 11) is 0. The van der Waals surface area contributed by atoms with Crippen molar-refractivity contribution in [2.24, 2.45) is 0 Å². The highest BCUT2D eigenvalue weighted by Gasteiger charge is 2.13. The molecule has 1 amide bonds. The zero-order valence-electron chi connectivity index (χ0n) is 14.4. The van der Waals surface area contributed by atoms with Gasteiger partial charge in [0, 0.05) is 24.3 Å². The van der Waals surface area contributed by atoms with Crippen LogP contribution in [0.3, 0.4) is 0 Å². The first-order chi connectivity index (χ1) is 11.4. The summed E-state index contributed by atoms with van der Waals surface area (Å²) in [5, 5.41) is 14.8. The Morgan fingerprint density at radius 1 is 1.00 bits per heavy atom. The molecule has 0 heterocycles. The van der Waals surface area contributed by atoms with Crippen molar-refractivity contribution >= 4 is 17.3 Å². The standard InChI is InChI=1S/C20H23N3O/c1-20(2,3)16-6-10-18(11-7-16)23-19(24)12-13-22-17-8-4-15(14-21)5-9-17/h4-11,22H,12-13H2,1-3H3,(H,23,24). The number of benzene rings is 2. The second kappa shape index (κ2) is 7.65. The maximum Gasteiger partial charge on any atom is 0.226 e. The number of anilines is 2. The van der Waals surface area contributed by atoms with Gasteiger partial charge in [-0.15, -0.1) is 0 Å². The Kier molecular flexibility index (Phi) is 5.59. The lowest BCUT2D eigenvalue weighted by Gasteiger charge is -2.19. The minimum Gasteiger partial charge on any atom is -0.385 e. The van der Waals surface area contributed by atoms with Crippen LogP contribution >= 0.6 is 0 Å². The number of amides is 1. The van der Waals surface area contributed by atoms with Gasteiger partial charge in [-0.3, -0.25) is 4.79 Å². The summed E-state index contributed by atoms with van der Waals surface area (Å²) < 4.78 is 0. The van der Waals surface area contributed by atoms with E-state index in [1.807, 2.05) is 36.4 Å². The quantitative estimate of drug-likeness (QED) is 0.863. The van der Waals surface area contributed by atoms with Crippen LogP contribution < -0.4 is 10.6 Å². The third-order valence-electron chi connectivity index (χ3n) is 3.73. The first kappa shape index (κ1) is 17.6. The number of nitrogens with one attached hydrogen (secondary N) is 2. The lowest BCUT2D eigenvalue weighted by atomic mass is 9.87. The van der Waals surface area contributed by atoms with E-state index in [-0.39, 0.29) is 11.3 Å². The topological polar surface area (TPSA) is 64.9 Å². The van der Waals surface area contributed by atoms with E-state index in [0.29, 0.717) is 18.5 Å². The van der Waals surface area contributed by atoms with Crippen LogP contribution in [0.15, 0.2) is 48.5 Å². The van der Waals surface area contributed by atoms with Crippen molar-refractivity contribution in [2.45, 2.75) is 32.6 Å². The molecule has 0 aromatic heterocycles. The van der Waals surface area contributed by atoms with Gasteiger partial charge in [0.25, 0.3) is 0 Å². The summed E-state index contributed by atoms with van der Waals surface area (Å²) in [6.07, 6.45) is 0.376. The molecule has 0 aliphatic rings. The van der Waals surface area contributed by atoms with E-state index in [2.05, 4.69) is 37.5 Å². The van der Waals surface area contributed by atoms with Gasteiger partial charge in [0.1, 0.15) is 0 Å². The van der Waals surface area contributed by atoms with Crippen molar-refractivity contribution in [3.8, 4) is 6.07 Å². The van der Waals surface area contributed by atoms with E-state index in [1.54, 1.807) is 12.1 Å². The number of nitriles is 1. The third kappa shape index (κ3) is 5.13. The van der Waals surface area contributed by atoms with E-state index < -0.39 is 0 Å². The summed E-state index contributed by atoms with van der Waals surface area (Å²) in [6, 6.07) is 17.2. The van der Waals surface area contributed by atoms with Gasteiger partial charge in [-0.1, -0.05) is 32.9 Å². The van der Waals surface area contributed by atoms with E-state index in [9.17, 15) is 4.79 Å². The smallest absolute Gasteiger partial charge is 0.226 e. The molecule has 124 valence electrons. The van der Waals surface area contributed by atoms with E-state index in [1.165, 1.54) is 5.56 Å². The van der Waals surface area contributed by atoms with Gasteiger partial charge < -0.3 is 10.6 Å². The Labute approximate surface area is 143 Å². The number of nitrogens with zero attached hydrogens (tertiary/aromatic N) is 1. The first-order valence-electron chi connectivity index (χ1n) is 8.03. The number of rotatable bonds is 5. The third-order valence-corrected chi connectivity index (χ3v) is 3.73. The number of hydrogen-bond acceptors (Lipinski definition) is 3. The maximum atomic E-state index is 12.0. The molecule has 4 nitrogen and oxygen atoms in total. The van der Waals surface area contributed by atoms with Crippen LogP contribution in [0.25, 0.3) is 0 Å². The zero-order chi connectivity index (χ0) is 17.6. The zero-order valence-corrected chi connectivity index (χ0v) is 14.4. The van der Waals surface area contributed by atoms with Crippen LogP contribution in [-0.4, -0.2) is 12.5 Å². The predicted octanol–water partition coefficient (Wildman–Crippen LogP) is 4.30. The van der Waals surface area contributed by atoms with Crippen LogP contribution in [0.5, 0.6) is 0 Å². The fourth-order valence-electron chi connectivity index (χ4n) is 2.26. The van der Waals surface area contributed by atoms with E-state index >= 15 is 0 Å². The number of carbonyl (C=O) groups is 1. The Morgan fingerprint density at radius 3 is 2.12 bits per heavy atom. The molecule has 0 saturated carbocycles. The van der Waals surface area contributed by atoms with Gasteiger partial charge >= 0.3 is 0 Å². The molecule has 0 aliphatic carbocycles. The molecule has 2 aromatic rings. The second-order valence-electron chi connectivity index (χ2n) is 6.74. The molecular weight excluding hydrogens is 298 g/mol. The van der Waals surface area contributed by atoms with Gasteiger partial charge in [0.05, 0.1) is 11.6 Å². The average Bonchev–Trinajstić information content (AvgIpc) is 2.55. The summed E-state index contributed by atoms with van der Waals surface area (Å²) in [6.45, 7) is 7.03. The Hall–Kier alpha value is -2.80. The molecule has 0 bridgehead atoms. The van der Waals surface area contributed by atoms with Gasteiger partial charge in [0.2, 0.25) is 5.91 Å². The van der Waals surface area contributed by atoms with Crippen molar-refractivity contribution in [3.05, 3.63) is 59.7 Å². The maximum absolute atomic E-state index is 12.0. The van der Waals surface area contributed by atoms with Crippen LogP contribution in [0.4, 0.5) is 11.4 Å². The van der Waals surface area contributed by atoms with Crippen LogP contribution in [0.2, 0.25) is 0 Å². The van der Waals surface area contributed by atoms with Crippen LogP contribution in [-0.2, 0) is 10.2 Å². The molecular formula is C20H23N3O. The molecule has 2 aromatic carbocycles. The largest absolute Gasteiger partial charge is 0.385 e. The monoisotopic (exact) mass is 321 g/mol. The van der Waals surface area contributed by atoms with Gasteiger partial charge in [-0.05, 0) is 47.4 Å². The molecule has 2 N–H and O–H groups in total. The average molecular weight is 321 g/mol. The molecule has 0 saturated heterocycles. The van der Waals surface area contributed by atoms with Crippen molar-refractivity contribution in [1.82, 2.24) is 0 Å². The SMILES string of the molecule is CC(C)(C)c1ccc(NC(=O)CCNc2ccc(C#N)cc2)cc1. The molecule has 0 fully saturated rings. The highest BCUT2D eigenvalue weighted by Crippen LogP contribution is 2.23. The Balaban J connectivity index is 1.79. The van der Waals surface area contributed by atoms with Gasteiger partial charge in [-0.25, -0.2) is 0 Å². The van der Waals surface area contributed by atoms with Crippen LogP contribution in [0.1, 0.15) is 38.3 Å². The molecule has 24 heavy (non-hydrogen) atoms. The molecule has 0 unspecified atom stereocenters. The molecule has 2 rings (SSSR count). The van der Waals surface area contributed by atoms with Gasteiger partial charge in [0.15, 0.2) is 0 Å². The summed E-state index contributed by atoms with van der Waals surface area (Å²) in [4.78, 5) is 12.0. The van der Waals surface area contributed by atoms with Crippen molar-refractivity contribution < 1.29 is 4.79 Å². The summed E-state index contributed by atoms with van der Waals surface area (Å²) >= 11 is 0. The fourth-order valence-corrected chi connectivity index (χ4v) is 2.26. The summed E-state index contributed by atoms with van der Waals surface area (Å²) in [5.41, 5.74) is 3.68. The summed E-state index contributed by atoms with van der Waals surface area (Å²) in [5.74, 6) is -0.0281. The number of hydrogen-bond donors (Lipinski definition) is 2. The van der Waals surface area contributed by atoms with E-state index in [4.69, 9.17) is 5.26 Å².